The molecule has 1 aromatic carbocycles. The van der Waals surface area contributed by atoms with Crippen LogP contribution in [0.15, 0.2) is 34.1 Å². The lowest BCUT2D eigenvalue weighted by Crippen LogP contribution is -2.13. The number of benzene rings is 1. The van der Waals surface area contributed by atoms with Crippen LogP contribution in [0.4, 0.5) is 0 Å². The molecule has 0 aliphatic rings. The van der Waals surface area contributed by atoms with E-state index in [1.807, 2.05) is 6.07 Å². The van der Waals surface area contributed by atoms with Crippen molar-refractivity contribution in [2.24, 2.45) is 5.14 Å². The van der Waals surface area contributed by atoms with Crippen LogP contribution in [-0.4, -0.2) is 14.2 Å². The van der Waals surface area contributed by atoms with Crippen molar-refractivity contribution in [2.75, 3.05) is 5.75 Å². The first-order valence-electron chi connectivity index (χ1n) is 4.80. The van der Waals surface area contributed by atoms with Gasteiger partial charge in [0.2, 0.25) is 10.0 Å². The standard InChI is InChI=1S/C10H15NO2S2/c1-2-3-8-14-9-6-4-5-7-10(9)15(11,12)13/h4-7H,2-3,8H2,1H3,(H2,11,12,13). The van der Waals surface area contributed by atoms with Gasteiger partial charge in [-0.25, -0.2) is 13.6 Å². The molecule has 0 saturated carbocycles. The van der Waals surface area contributed by atoms with Gasteiger partial charge in [0.25, 0.3) is 0 Å². The van der Waals surface area contributed by atoms with Crippen molar-refractivity contribution in [3.63, 3.8) is 0 Å². The third-order valence-corrected chi connectivity index (χ3v) is 4.17. The maximum atomic E-state index is 11.3. The predicted molar refractivity (Wildman–Crippen MR) is 63.4 cm³/mol. The second-order valence-corrected chi connectivity index (χ2v) is 5.86. The van der Waals surface area contributed by atoms with Crippen LogP contribution in [0.1, 0.15) is 19.8 Å². The second-order valence-electron chi connectivity index (χ2n) is 3.19. The van der Waals surface area contributed by atoms with E-state index in [9.17, 15) is 8.42 Å². The third-order valence-electron chi connectivity index (χ3n) is 1.91. The number of primary sulfonamides is 1. The van der Waals surface area contributed by atoms with E-state index in [1.54, 1.807) is 18.2 Å². The van der Waals surface area contributed by atoms with E-state index in [0.717, 1.165) is 23.5 Å². The van der Waals surface area contributed by atoms with Crippen LogP contribution < -0.4 is 5.14 Å². The summed E-state index contributed by atoms with van der Waals surface area (Å²) in [6.45, 7) is 2.10. The summed E-state index contributed by atoms with van der Waals surface area (Å²) in [6, 6.07) is 6.84. The Balaban J connectivity index is 2.88. The SMILES string of the molecule is CCCCSc1ccccc1S(N)(=O)=O. The Bertz CT molecular complexity index is 415. The van der Waals surface area contributed by atoms with Crippen LogP contribution in [0.2, 0.25) is 0 Å². The smallest absolute Gasteiger partial charge is 0.225 e. The first-order chi connectivity index (χ1) is 7.05. The quantitative estimate of drug-likeness (QED) is 0.639. The second kappa shape index (κ2) is 5.53. The molecule has 0 fully saturated rings. The molecule has 0 radical (unpaired) electrons. The van der Waals surface area contributed by atoms with Gasteiger partial charge in [-0.1, -0.05) is 25.5 Å². The fourth-order valence-electron chi connectivity index (χ4n) is 1.13. The lowest BCUT2D eigenvalue weighted by atomic mass is 10.4. The summed E-state index contributed by atoms with van der Waals surface area (Å²) in [5, 5.41) is 5.12. The molecule has 0 unspecified atom stereocenters. The summed E-state index contributed by atoms with van der Waals surface area (Å²) < 4.78 is 22.5. The molecular formula is C10H15NO2S2. The minimum Gasteiger partial charge on any atom is -0.225 e. The van der Waals surface area contributed by atoms with E-state index in [-0.39, 0.29) is 4.90 Å². The Morgan fingerprint density at radius 3 is 2.60 bits per heavy atom. The van der Waals surface area contributed by atoms with Crippen molar-refractivity contribution in [3.8, 4) is 0 Å². The van der Waals surface area contributed by atoms with Crippen LogP contribution in [0, 0.1) is 0 Å². The summed E-state index contributed by atoms with van der Waals surface area (Å²) >= 11 is 1.54. The zero-order valence-electron chi connectivity index (χ0n) is 8.64. The Labute approximate surface area is 95.1 Å². The van der Waals surface area contributed by atoms with Gasteiger partial charge in [-0.3, -0.25) is 0 Å². The molecule has 3 nitrogen and oxygen atoms in total. The molecule has 0 heterocycles. The monoisotopic (exact) mass is 245 g/mol. The minimum absolute atomic E-state index is 0.228. The van der Waals surface area contributed by atoms with Gasteiger partial charge in [0.15, 0.2) is 0 Å². The number of sulfonamides is 1. The molecule has 5 heteroatoms. The van der Waals surface area contributed by atoms with Gasteiger partial charge in [0.1, 0.15) is 0 Å². The first-order valence-corrected chi connectivity index (χ1v) is 7.33. The van der Waals surface area contributed by atoms with E-state index >= 15 is 0 Å². The van der Waals surface area contributed by atoms with Gasteiger partial charge >= 0.3 is 0 Å². The summed E-state index contributed by atoms with van der Waals surface area (Å²) in [5.41, 5.74) is 0. The van der Waals surface area contributed by atoms with Gasteiger partial charge < -0.3 is 0 Å². The molecule has 0 saturated heterocycles. The maximum absolute atomic E-state index is 11.3. The van der Waals surface area contributed by atoms with Crippen LogP contribution in [0.3, 0.4) is 0 Å². The zero-order valence-corrected chi connectivity index (χ0v) is 10.3. The predicted octanol–water partition coefficient (Wildman–Crippen LogP) is 2.23. The van der Waals surface area contributed by atoms with Crippen molar-refractivity contribution in [1.29, 1.82) is 0 Å². The molecule has 0 bridgehead atoms. The fraction of sp³-hybridized carbons (Fsp3) is 0.400. The number of rotatable bonds is 5. The van der Waals surface area contributed by atoms with E-state index in [4.69, 9.17) is 5.14 Å². The topological polar surface area (TPSA) is 60.2 Å². The van der Waals surface area contributed by atoms with Crippen LogP contribution in [0.25, 0.3) is 0 Å². The van der Waals surface area contributed by atoms with Crippen molar-refractivity contribution in [3.05, 3.63) is 24.3 Å². The highest BCUT2D eigenvalue weighted by atomic mass is 32.2. The molecule has 0 atom stereocenters. The van der Waals surface area contributed by atoms with Crippen LogP contribution >= 0.6 is 11.8 Å². The highest BCUT2D eigenvalue weighted by Gasteiger charge is 2.12. The molecule has 0 aliphatic heterocycles. The first kappa shape index (κ1) is 12.5. The normalized spacial score (nSPS) is 11.6. The van der Waals surface area contributed by atoms with Crippen molar-refractivity contribution < 1.29 is 8.42 Å². The molecule has 0 aromatic heterocycles. The molecule has 15 heavy (non-hydrogen) atoms. The van der Waals surface area contributed by atoms with Gasteiger partial charge in [-0.05, 0) is 24.3 Å². The van der Waals surface area contributed by atoms with Gasteiger partial charge in [0, 0.05) is 4.90 Å². The third kappa shape index (κ3) is 3.85. The van der Waals surface area contributed by atoms with Crippen molar-refractivity contribution >= 4 is 21.8 Å². The molecular weight excluding hydrogens is 230 g/mol. The fourth-order valence-corrected chi connectivity index (χ4v) is 3.31. The summed E-state index contributed by atoms with van der Waals surface area (Å²) in [5.74, 6) is 0.920. The zero-order chi connectivity index (χ0) is 11.3. The number of hydrogen-bond donors (Lipinski definition) is 1. The molecule has 2 N–H and O–H groups in total. The van der Waals surface area contributed by atoms with Gasteiger partial charge in [0.05, 0.1) is 4.90 Å². The van der Waals surface area contributed by atoms with E-state index in [1.165, 1.54) is 11.8 Å². The van der Waals surface area contributed by atoms with Crippen molar-refractivity contribution in [1.82, 2.24) is 0 Å². The largest absolute Gasteiger partial charge is 0.239 e. The Hall–Kier alpha value is -0.520. The van der Waals surface area contributed by atoms with Crippen molar-refractivity contribution in [2.45, 2.75) is 29.6 Å². The van der Waals surface area contributed by atoms with E-state index < -0.39 is 10.0 Å². The summed E-state index contributed by atoms with van der Waals surface area (Å²) in [4.78, 5) is 0.972. The highest BCUT2D eigenvalue weighted by molar-refractivity contribution is 8.00. The molecule has 0 amide bonds. The van der Waals surface area contributed by atoms with E-state index in [0.29, 0.717) is 0 Å². The van der Waals surface area contributed by atoms with Gasteiger partial charge in [-0.15, -0.1) is 11.8 Å². The lowest BCUT2D eigenvalue weighted by Gasteiger charge is -2.06. The Morgan fingerprint density at radius 1 is 1.33 bits per heavy atom. The number of thioether (sulfide) groups is 1. The number of unbranched alkanes of at least 4 members (excludes halogenated alkanes) is 1. The molecule has 1 rings (SSSR count). The van der Waals surface area contributed by atoms with Crippen LogP contribution in [-0.2, 0) is 10.0 Å². The Morgan fingerprint density at radius 2 is 2.00 bits per heavy atom. The highest BCUT2D eigenvalue weighted by Crippen LogP contribution is 2.26. The molecule has 0 spiro atoms. The lowest BCUT2D eigenvalue weighted by molar-refractivity contribution is 0.596. The molecule has 1 aromatic rings. The summed E-state index contributed by atoms with van der Waals surface area (Å²) in [7, 11) is -3.59. The van der Waals surface area contributed by atoms with Gasteiger partial charge in [-0.2, -0.15) is 0 Å². The molecule has 84 valence electrons. The maximum Gasteiger partial charge on any atom is 0.239 e. The minimum atomic E-state index is -3.59. The average Bonchev–Trinajstić information content (AvgIpc) is 2.17. The summed E-state index contributed by atoms with van der Waals surface area (Å²) in [6.07, 6.45) is 2.17. The number of nitrogens with two attached hydrogens (primary N) is 1. The molecule has 0 aliphatic carbocycles. The van der Waals surface area contributed by atoms with E-state index in [2.05, 4.69) is 6.92 Å². The Kier molecular flexibility index (Phi) is 4.63. The number of hydrogen-bond acceptors (Lipinski definition) is 3. The van der Waals surface area contributed by atoms with Crippen LogP contribution in [0.5, 0.6) is 0 Å². The average molecular weight is 245 g/mol.